The number of halogens is 3. The van der Waals surface area contributed by atoms with Gasteiger partial charge >= 0.3 is 6.18 Å². The van der Waals surface area contributed by atoms with Crippen LogP contribution in [0.15, 0.2) is 12.1 Å². The van der Waals surface area contributed by atoms with Gasteiger partial charge in [0.25, 0.3) is 5.69 Å². The highest BCUT2D eigenvalue weighted by Crippen LogP contribution is 2.37. The van der Waals surface area contributed by atoms with E-state index in [0.29, 0.717) is 0 Å². The van der Waals surface area contributed by atoms with Gasteiger partial charge in [-0.1, -0.05) is 0 Å². The topological polar surface area (TPSA) is 73.6 Å². The van der Waals surface area contributed by atoms with Crippen LogP contribution in [0.4, 0.5) is 24.5 Å². The lowest BCUT2D eigenvalue weighted by molar-refractivity contribution is -0.384. The van der Waals surface area contributed by atoms with Crippen LogP contribution in [-0.4, -0.2) is 31.9 Å². The van der Waals surface area contributed by atoms with Gasteiger partial charge < -0.3 is 14.8 Å². The molecule has 0 spiro atoms. The lowest BCUT2D eigenvalue weighted by atomic mass is 10.2. The molecule has 0 atom stereocenters. The molecule has 1 aromatic rings. The second-order valence-electron chi connectivity index (χ2n) is 3.45. The molecule has 9 heteroatoms. The summed E-state index contributed by atoms with van der Waals surface area (Å²) in [5, 5.41) is 12.8. The first kappa shape index (κ1) is 14.9. The molecule has 6 nitrogen and oxygen atoms in total. The Labute approximate surface area is 106 Å². The Kier molecular flexibility index (Phi) is 4.41. The number of hydrogen-bond donors (Lipinski definition) is 1. The van der Waals surface area contributed by atoms with Gasteiger partial charge in [-0.15, -0.1) is 0 Å². The molecule has 0 unspecified atom stereocenters. The van der Waals surface area contributed by atoms with E-state index in [0.717, 1.165) is 12.1 Å². The Bertz CT molecular complexity index is 477. The molecule has 0 saturated heterocycles. The Morgan fingerprint density at radius 2 is 1.79 bits per heavy atom. The zero-order valence-electron chi connectivity index (χ0n) is 10.1. The van der Waals surface area contributed by atoms with Gasteiger partial charge in [0.1, 0.15) is 12.2 Å². The summed E-state index contributed by atoms with van der Waals surface area (Å²) < 4.78 is 46.1. The van der Waals surface area contributed by atoms with Gasteiger partial charge in [0.2, 0.25) is 0 Å². The van der Waals surface area contributed by atoms with Gasteiger partial charge in [0.15, 0.2) is 11.5 Å². The number of nitrogens with zero attached hydrogens (tertiary/aromatic N) is 1. The number of nitro groups is 1. The van der Waals surface area contributed by atoms with Crippen LogP contribution >= 0.6 is 0 Å². The van der Waals surface area contributed by atoms with Gasteiger partial charge in [-0.25, -0.2) is 0 Å². The summed E-state index contributed by atoms with van der Waals surface area (Å²) in [6.07, 6.45) is -4.49. The minimum Gasteiger partial charge on any atom is -0.493 e. The fraction of sp³-hybridized carbons (Fsp3) is 0.400. The van der Waals surface area contributed by atoms with Gasteiger partial charge in [0, 0.05) is 6.07 Å². The Morgan fingerprint density at radius 1 is 1.26 bits per heavy atom. The second-order valence-corrected chi connectivity index (χ2v) is 3.45. The van der Waals surface area contributed by atoms with E-state index in [1.807, 2.05) is 5.32 Å². The first-order chi connectivity index (χ1) is 8.78. The minimum absolute atomic E-state index is 0.0618. The second kappa shape index (κ2) is 5.63. The molecular formula is C10H11F3N2O4. The number of nitro benzene ring substituents is 1. The highest BCUT2D eigenvalue weighted by atomic mass is 19.4. The molecular weight excluding hydrogens is 269 g/mol. The summed E-state index contributed by atoms with van der Waals surface area (Å²) in [6, 6.07) is 2.08. The Balaban J connectivity index is 3.16. The van der Waals surface area contributed by atoms with Crippen LogP contribution in [0.1, 0.15) is 0 Å². The third-order valence-corrected chi connectivity index (χ3v) is 2.18. The number of nitrogens with one attached hydrogen (secondary N) is 1. The summed E-state index contributed by atoms with van der Waals surface area (Å²) in [4.78, 5) is 10.00. The number of hydrogen-bond acceptors (Lipinski definition) is 5. The summed E-state index contributed by atoms with van der Waals surface area (Å²) in [6.45, 7) is -1.39. The molecule has 0 saturated carbocycles. The van der Waals surface area contributed by atoms with Gasteiger partial charge in [-0.3, -0.25) is 10.1 Å². The first-order valence-corrected chi connectivity index (χ1v) is 4.99. The van der Waals surface area contributed by atoms with E-state index in [9.17, 15) is 23.3 Å². The first-order valence-electron chi connectivity index (χ1n) is 4.99. The Hall–Kier alpha value is -2.19. The maximum absolute atomic E-state index is 12.1. The lowest BCUT2D eigenvalue weighted by Gasteiger charge is -2.13. The number of methoxy groups -OCH3 is 2. The van der Waals surface area contributed by atoms with E-state index in [1.54, 1.807) is 0 Å². The molecule has 0 aromatic heterocycles. The van der Waals surface area contributed by atoms with E-state index in [-0.39, 0.29) is 17.2 Å². The fourth-order valence-corrected chi connectivity index (χ4v) is 1.36. The normalized spacial score (nSPS) is 11.0. The van der Waals surface area contributed by atoms with Crippen LogP contribution in [-0.2, 0) is 0 Å². The monoisotopic (exact) mass is 280 g/mol. The predicted molar refractivity (Wildman–Crippen MR) is 60.7 cm³/mol. The molecule has 0 bridgehead atoms. The smallest absolute Gasteiger partial charge is 0.405 e. The fourth-order valence-electron chi connectivity index (χ4n) is 1.36. The van der Waals surface area contributed by atoms with Crippen LogP contribution in [0, 0.1) is 10.1 Å². The molecule has 1 rings (SSSR count). The van der Waals surface area contributed by atoms with Gasteiger partial charge in [-0.2, -0.15) is 13.2 Å². The van der Waals surface area contributed by atoms with E-state index in [2.05, 4.69) is 0 Å². The molecule has 19 heavy (non-hydrogen) atoms. The quantitative estimate of drug-likeness (QED) is 0.663. The minimum atomic E-state index is -4.49. The van der Waals surface area contributed by atoms with Crippen molar-refractivity contribution in [3.63, 3.8) is 0 Å². The molecule has 1 aromatic carbocycles. The molecule has 0 heterocycles. The van der Waals surface area contributed by atoms with Crippen LogP contribution < -0.4 is 14.8 Å². The molecule has 0 aliphatic rings. The van der Waals surface area contributed by atoms with Crippen molar-refractivity contribution in [1.82, 2.24) is 0 Å². The third-order valence-electron chi connectivity index (χ3n) is 2.18. The maximum Gasteiger partial charge on any atom is 0.405 e. The van der Waals surface area contributed by atoms with Crippen molar-refractivity contribution in [3.05, 3.63) is 22.2 Å². The van der Waals surface area contributed by atoms with E-state index in [4.69, 9.17) is 9.47 Å². The predicted octanol–water partition coefficient (Wildman–Crippen LogP) is 2.59. The average molecular weight is 280 g/mol. The molecule has 0 radical (unpaired) electrons. The molecule has 0 aliphatic heterocycles. The third kappa shape index (κ3) is 3.90. The number of alkyl halides is 3. The molecule has 0 amide bonds. The maximum atomic E-state index is 12.1. The highest BCUT2D eigenvalue weighted by Gasteiger charge is 2.29. The molecule has 0 aliphatic carbocycles. The standard InChI is InChI=1S/C10H11F3N2O4/c1-18-8-3-6(14-5-10(11,12)13)7(15(16)17)4-9(8)19-2/h3-4,14H,5H2,1-2H3. The number of ether oxygens (including phenoxy) is 2. The van der Waals surface area contributed by atoms with Crippen molar-refractivity contribution in [1.29, 1.82) is 0 Å². The van der Waals surface area contributed by atoms with Crippen LogP contribution in [0.25, 0.3) is 0 Å². The van der Waals surface area contributed by atoms with Gasteiger partial charge in [-0.05, 0) is 0 Å². The summed E-state index contributed by atoms with van der Waals surface area (Å²) in [7, 11) is 2.54. The SMILES string of the molecule is COc1cc(NCC(F)(F)F)c([N+](=O)[O-])cc1OC. The van der Waals surface area contributed by atoms with Crippen LogP contribution in [0.5, 0.6) is 11.5 Å². The van der Waals surface area contributed by atoms with Crippen molar-refractivity contribution < 1.29 is 27.6 Å². The van der Waals surface area contributed by atoms with Gasteiger partial charge in [0.05, 0.1) is 25.2 Å². The zero-order valence-corrected chi connectivity index (χ0v) is 10.1. The zero-order chi connectivity index (χ0) is 14.6. The number of anilines is 1. The molecule has 0 fully saturated rings. The summed E-state index contributed by atoms with van der Waals surface area (Å²) >= 11 is 0. The van der Waals surface area contributed by atoms with E-state index < -0.39 is 23.3 Å². The van der Waals surface area contributed by atoms with Crippen LogP contribution in [0.3, 0.4) is 0 Å². The average Bonchev–Trinajstić information content (AvgIpc) is 2.33. The van der Waals surface area contributed by atoms with Crippen LogP contribution in [0.2, 0.25) is 0 Å². The molecule has 1 N–H and O–H groups in total. The number of benzene rings is 1. The Morgan fingerprint density at radius 3 is 2.21 bits per heavy atom. The lowest BCUT2D eigenvalue weighted by Crippen LogP contribution is -2.21. The van der Waals surface area contributed by atoms with Crippen molar-refractivity contribution in [2.45, 2.75) is 6.18 Å². The molecule has 106 valence electrons. The highest BCUT2D eigenvalue weighted by molar-refractivity contribution is 5.68. The van der Waals surface area contributed by atoms with Crippen molar-refractivity contribution in [2.75, 3.05) is 26.1 Å². The van der Waals surface area contributed by atoms with Crippen molar-refractivity contribution in [2.24, 2.45) is 0 Å². The van der Waals surface area contributed by atoms with Crippen molar-refractivity contribution >= 4 is 11.4 Å². The largest absolute Gasteiger partial charge is 0.493 e. The van der Waals surface area contributed by atoms with E-state index in [1.165, 1.54) is 14.2 Å². The number of rotatable bonds is 5. The van der Waals surface area contributed by atoms with Crippen molar-refractivity contribution in [3.8, 4) is 11.5 Å². The summed E-state index contributed by atoms with van der Waals surface area (Å²) in [5.41, 5.74) is -0.818. The summed E-state index contributed by atoms with van der Waals surface area (Å²) in [5.74, 6) is 0.157. The van der Waals surface area contributed by atoms with E-state index >= 15 is 0 Å².